The minimum Gasteiger partial charge on any atom is -0.456 e. The molecule has 2 heterocycles. The van der Waals surface area contributed by atoms with Crippen LogP contribution in [-0.4, -0.2) is 42.2 Å². The van der Waals surface area contributed by atoms with Crippen molar-refractivity contribution in [2.75, 3.05) is 25.6 Å². The van der Waals surface area contributed by atoms with Crippen LogP contribution >= 0.6 is 0 Å². The summed E-state index contributed by atoms with van der Waals surface area (Å²) < 4.78 is 10.9. The average molecular weight is 327 g/mol. The van der Waals surface area contributed by atoms with Crippen LogP contribution in [0.15, 0.2) is 48.8 Å². The molecule has 1 aromatic heterocycles. The number of anilines is 1. The van der Waals surface area contributed by atoms with Gasteiger partial charge in [-0.05, 0) is 49.2 Å². The molecule has 1 unspecified atom stereocenters. The predicted octanol–water partition coefficient (Wildman–Crippen LogP) is 3.52. The van der Waals surface area contributed by atoms with Gasteiger partial charge in [0.05, 0.1) is 18.8 Å². The first kappa shape index (κ1) is 16.3. The number of ether oxygens (including phenoxy) is 2. The number of nitrogens with one attached hydrogen (secondary N) is 1. The van der Waals surface area contributed by atoms with Crippen molar-refractivity contribution in [1.29, 1.82) is 0 Å². The van der Waals surface area contributed by atoms with Crippen LogP contribution in [0.4, 0.5) is 10.5 Å². The second-order valence-corrected chi connectivity index (χ2v) is 5.69. The van der Waals surface area contributed by atoms with Crippen LogP contribution in [-0.2, 0) is 4.74 Å². The van der Waals surface area contributed by atoms with E-state index >= 15 is 0 Å². The molecule has 0 aliphatic carbocycles. The number of amides is 2. The Morgan fingerprint density at radius 3 is 2.83 bits per heavy atom. The Balaban J connectivity index is 1.58. The van der Waals surface area contributed by atoms with E-state index in [1.165, 1.54) is 0 Å². The molecule has 1 aliphatic rings. The molecule has 1 atom stereocenters. The minimum absolute atomic E-state index is 0.0875. The zero-order chi connectivity index (χ0) is 16.8. The third-order valence-corrected chi connectivity index (χ3v) is 3.97. The molecule has 1 saturated heterocycles. The lowest BCUT2D eigenvalue weighted by atomic mass is 10.2. The molecule has 24 heavy (non-hydrogen) atoms. The summed E-state index contributed by atoms with van der Waals surface area (Å²) >= 11 is 0. The Hall–Kier alpha value is -2.60. The maximum atomic E-state index is 12.4. The summed E-state index contributed by atoms with van der Waals surface area (Å²) in [6, 6.07) is 11.0. The van der Waals surface area contributed by atoms with Crippen molar-refractivity contribution in [3.8, 4) is 11.5 Å². The monoisotopic (exact) mass is 327 g/mol. The smallest absolute Gasteiger partial charge is 0.322 e. The lowest BCUT2D eigenvalue weighted by Crippen LogP contribution is -2.40. The Kier molecular flexibility index (Phi) is 5.28. The van der Waals surface area contributed by atoms with Crippen LogP contribution in [0.25, 0.3) is 0 Å². The van der Waals surface area contributed by atoms with Crippen LogP contribution in [0, 0.1) is 0 Å². The van der Waals surface area contributed by atoms with E-state index in [9.17, 15) is 4.79 Å². The van der Waals surface area contributed by atoms with E-state index in [0.29, 0.717) is 18.1 Å². The number of rotatable bonds is 5. The van der Waals surface area contributed by atoms with E-state index in [0.717, 1.165) is 25.1 Å². The van der Waals surface area contributed by atoms with Crippen molar-refractivity contribution < 1.29 is 14.3 Å². The number of pyridine rings is 1. The van der Waals surface area contributed by atoms with Crippen molar-refractivity contribution in [1.82, 2.24) is 9.88 Å². The van der Waals surface area contributed by atoms with E-state index < -0.39 is 0 Å². The maximum Gasteiger partial charge on any atom is 0.322 e. The van der Waals surface area contributed by atoms with Gasteiger partial charge in [-0.2, -0.15) is 0 Å². The summed E-state index contributed by atoms with van der Waals surface area (Å²) in [5.41, 5.74) is 0.738. The highest BCUT2D eigenvalue weighted by Crippen LogP contribution is 2.23. The molecule has 126 valence electrons. The molecular weight excluding hydrogens is 306 g/mol. The number of likely N-dealkylation sites (tertiary alicyclic amines) is 1. The Labute approximate surface area is 141 Å². The van der Waals surface area contributed by atoms with E-state index in [-0.39, 0.29) is 12.1 Å². The molecule has 0 saturated carbocycles. The molecule has 0 radical (unpaired) electrons. The fourth-order valence-electron chi connectivity index (χ4n) is 2.81. The molecule has 2 amide bonds. The van der Waals surface area contributed by atoms with E-state index in [4.69, 9.17) is 9.47 Å². The molecule has 2 aromatic rings. The number of aromatic nitrogens is 1. The molecule has 0 spiro atoms. The Bertz CT molecular complexity index is 661. The number of urea groups is 1. The summed E-state index contributed by atoms with van der Waals surface area (Å²) in [4.78, 5) is 18.2. The number of hydrogen-bond acceptors (Lipinski definition) is 4. The van der Waals surface area contributed by atoms with Crippen LogP contribution < -0.4 is 10.1 Å². The van der Waals surface area contributed by atoms with Crippen molar-refractivity contribution in [2.24, 2.45) is 0 Å². The normalized spacial score (nSPS) is 16.9. The average Bonchev–Trinajstić information content (AvgIpc) is 3.06. The van der Waals surface area contributed by atoms with Gasteiger partial charge in [-0.3, -0.25) is 4.98 Å². The number of nitrogens with zero attached hydrogens (tertiary/aromatic N) is 2. The highest BCUT2D eigenvalue weighted by atomic mass is 16.5. The lowest BCUT2D eigenvalue weighted by molar-refractivity contribution is 0.128. The fraction of sp³-hybridized carbons (Fsp3) is 0.333. The molecule has 1 fully saturated rings. The SMILES string of the molecule is COCC1CCCN1C(=O)Nc1ccc(Oc2cccnc2)cc1. The van der Waals surface area contributed by atoms with Gasteiger partial charge in [0, 0.05) is 25.5 Å². The molecule has 1 aromatic carbocycles. The fourth-order valence-corrected chi connectivity index (χ4v) is 2.81. The van der Waals surface area contributed by atoms with Crippen LogP contribution in [0.2, 0.25) is 0 Å². The number of carbonyl (C=O) groups excluding carboxylic acids is 1. The first-order valence-corrected chi connectivity index (χ1v) is 8.01. The van der Waals surface area contributed by atoms with Crippen LogP contribution in [0.1, 0.15) is 12.8 Å². The highest BCUT2D eigenvalue weighted by Gasteiger charge is 2.28. The van der Waals surface area contributed by atoms with Gasteiger partial charge in [0.1, 0.15) is 11.5 Å². The van der Waals surface area contributed by atoms with Crippen LogP contribution in [0.5, 0.6) is 11.5 Å². The van der Waals surface area contributed by atoms with E-state index in [2.05, 4.69) is 10.3 Å². The predicted molar refractivity (Wildman–Crippen MR) is 91.4 cm³/mol. The zero-order valence-corrected chi connectivity index (χ0v) is 13.6. The van der Waals surface area contributed by atoms with E-state index in [1.54, 1.807) is 19.5 Å². The maximum absolute atomic E-state index is 12.4. The second-order valence-electron chi connectivity index (χ2n) is 5.69. The Morgan fingerprint density at radius 1 is 1.29 bits per heavy atom. The Morgan fingerprint density at radius 2 is 2.12 bits per heavy atom. The third-order valence-electron chi connectivity index (χ3n) is 3.97. The molecule has 1 aliphatic heterocycles. The molecule has 0 bridgehead atoms. The number of hydrogen-bond donors (Lipinski definition) is 1. The topological polar surface area (TPSA) is 63.7 Å². The summed E-state index contributed by atoms with van der Waals surface area (Å²) in [5.74, 6) is 1.37. The summed E-state index contributed by atoms with van der Waals surface area (Å²) in [7, 11) is 1.66. The van der Waals surface area contributed by atoms with Gasteiger partial charge in [-0.15, -0.1) is 0 Å². The molecule has 6 nitrogen and oxygen atoms in total. The minimum atomic E-state index is -0.0875. The standard InChI is InChI=1S/C18H21N3O3/c1-23-13-15-4-3-11-21(15)18(22)20-14-6-8-16(9-7-14)24-17-5-2-10-19-12-17/h2,5-10,12,15H,3-4,11,13H2,1H3,(H,20,22). The highest BCUT2D eigenvalue weighted by molar-refractivity contribution is 5.89. The van der Waals surface area contributed by atoms with Crippen LogP contribution in [0.3, 0.4) is 0 Å². The van der Waals surface area contributed by atoms with Gasteiger partial charge in [0.15, 0.2) is 0 Å². The second kappa shape index (κ2) is 7.79. The summed E-state index contributed by atoms with van der Waals surface area (Å²) in [6.07, 6.45) is 5.35. The van der Waals surface area contributed by atoms with Gasteiger partial charge in [-0.1, -0.05) is 0 Å². The molecule has 3 rings (SSSR count). The van der Waals surface area contributed by atoms with Crippen molar-refractivity contribution in [3.63, 3.8) is 0 Å². The van der Waals surface area contributed by atoms with E-state index in [1.807, 2.05) is 41.3 Å². The number of benzene rings is 1. The number of carbonyl (C=O) groups is 1. The first-order chi connectivity index (χ1) is 11.8. The van der Waals surface area contributed by atoms with Gasteiger partial charge in [0.25, 0.3) is 0 Å². The van der Waals surface area contributed by atoms with Gasteiger partial charge in [-0.25, -0.2) is 4.79 Å². The third kappa shape index (κ3) is 4.02. The lowest BCUT2D eigenvalue weighted by Gasteiger charge is -2.24. The van der Waals surface area contributed by atoms with Crippen molar-refractivity contribution >= 4 is 11.7 Å². The largest absolute Gasteiger partial charge is 0.456 e. The molecule has 6 heteroatoms. The van der Waals surface area contributed by atoms with Crippen molar-refractivity contribution in [2.45, 2.75) is 18.9 Å². The summed E-state index contributed by atoms with van der Waals surface area (Å²) in [5, 5.41) is 2.93. The zero-order valence-electron chi connectivity index (χ0n) is 13.6. The quantitative estimate of drug-likeness (QED) is 0.912. The molecule has 1 N–H and O–H groups in total. The summed E-state index contributed by atoms with van der Waals surface area (Å²) in [6.45, 7) is 1.34. The van der Waals surface area contributed by atoms with Gasteiger partial charge in [0.2, 0.25) is 0 Å². The first-order valence-electron chi connectivity index (χ1n) is 8.01. The molecular formula is C18H21N3O3. The van der Waals surface area contributed by atoms with Crippen molar-refractivity contribution in [3.05, 3.63) is 48.8 Å². The van der Waals surface area contributed by atoms with Gasteiger partial charge < -0.3 is 19.7 Å². The van der Waals surface area contributed by atoms with Gasteiger partial charge >= 0.3 is 6.03 Å². The number of methoxy groups -OCH3 is 1.